The van der Waals surface area contributed by atoms with Crippen LogP contribution in [-0.2, 0) is 0 Å². The van der Waals surface area contributed by atoms with Gasteiger partial charge in [-0.2, -0.15) is 5.26 Å². The van der Waals surface area contributed by atoms with Gasteiger partial charge < -0.3 is 10.1 Å². The van der Waals surface area contributed by atoms with E-state index in [1.54, 1.807) is 24.3 Å². The molecule has 194 valence electrons. The van der Waals surface area contributed by atoms with E-state index in [0.717, 1.165) is 12.2 Å². The molecule has 0 fully saturated rings. The van der Waals surface area contributed by atoms with Gasteiger partial charge in [-0.15, -0.1) is 0 Å². The number of carbonyl (C=O) groups excluding carboxylic acids is 1. The van der Waals surface area contributed by atoms with E-state index in [4.69, 9.17) is 10.00 Å². The molecule has 0 unspecified atom stereocenters. The number of hydrogen-bond donors (Lipinski definition) is 1. The number of nitriles is 1. The van der Waals surface area contributed by atoms with Crippen LogP contribution in [0.2, 0.25) is 0 Å². The molecule has 36 heavy (non-hydrogen) atoms. The SMILES string of the molecule is CCCCCCCCCCCCCCCCOc1ccc(C(=O)Nc2ccc(C#N)ccc2=O)cc1. The summed E-state index contributed by atoms with van der Waals surface area (Å²) in [4.78, 5) is 24.6. The molecule has 0 aliphatic rings. The van der Waals surface area contributed by atoms with E-state index in [9.17, 15) is 9.59 Å². The second kappa shape index (κ2) is 18.2. The van der Waals surface area contributed by atoms with Crippen LogP contribution in [0.15, 0.2) is 53.3 Å². The molecule has 5 heteroatoms. The van der Waals surface area contributed by atoms with Gasteiger partial charge in [0.05, 0.1) is 23.9 Å². The molecule has 1 amide bonds. The molecule has 2 aromatic carbocycles. The van der Waals surface area contributed by atoms with Crippen LogP contribution in [0.25, 0.3) is 0 Å². The Kier molecular flexibility index (Phi) is 14.7. The highest BCUT2D eigenvalue weighted by atomic mass is 16.5. The van der Waals surface area contributed by atoms with Crippen LogP contribution >= 0.6 is 0 Å². The summed E-state index contributed by atoms with van der Waals surface area (Å²) >= 11 is 0. The Morgan fingerprint density at radius 3 is 1.83 bits per heavy atom. The average Bonchev–Trinajstić information content (AvgIpc) is 3.07. The molecule has 0 aliphatic heterocycles. The van der Waals surface area contributed by atoms with Crippen LogP contribution in [0.3, 0.4) is 0 Å². The van der Waals surface area contributed by atoms with Gasteiger partial charge in [-0.1, -0.05) is 90.4 Å². The molecule has 0 bridgehead atoms. The Bertz CT molecular complexity index is 996. The number of ether oxygens (including phenoxy) is 1. The van der Waals surface area contributed by atoms with E-state index in [2.05, 4.69) is 12.2 Å². The van der Waals surface area contributed by atoms with Gasteiger partial charge in [-0.05, 0) is 55.0 Å². The zero-order chi connectivity index (χ0) is 25.8. The minimum atomic E-state index is -0.379. The average molecular weight is 491 g/mol. The lowest BCUT2D eigenvalue weighted by molar-refractivity contribution is 0.102. The maximum absolute atomic E-state index is 12.5. The highest BCUT2D eigenvalue weighted by molar-refractivity contribution is 6.04. The molecule has 0 aromatic heterocycles. The predicted octanol–water partition coefficient (Wildman–Crippen LogP) is 8.03. The predicted molar refractivity (Wildman–Crippen MR) is 148 cm³/mol. The van der Waals surface area contributed by atoms with Crippen molar-refractivity contribution in [1.82, 2.24) is 0 Å². The lowest BCUT2D eigenvalue weighted by atomic mass is 10.0. The third kappa shape index (κ3) is 12.0. The maximum Gasteiger partial charge on any atom is 0.255 e. The first-order valence-corrected chi connectivity index (χ1v) is 13.7. The molecule has 5 nitrogen and oxygen atoms in total. The van der Waals surface area contributed by atoms with Crippen LogP contribution in [0.1, 0.15) is 113 Å². The minimum Gasteiger partial charge on any atom is -0.494 e. The Hall–Kier alpha value is -3.13. The normalized spacial score (nSPS) is 10.6. The Labute approximate surface area is 216 Å². The molecule has 2 rings (SSSR count). The highest BCUT2D eigenvalue weighted by Gasteiger charge is 2.08. The van der Waals surface area contributed by atoms with Gasteiger partial charge in [0.25, 0.3) is 5.91 Å². The number of anilines is 1. The van der Waals surface area contributed by atoms with E-state index in [1.165, 1.54) is 108 Å². The minimum absolute atomic E-state index is 0.139. The Morgan fingerprint density at radius 1 is 0.750 bits per heavy atom. The van der Waals surface area contributed by atoms with E-state index < -0.39 is 0 Å². The summed E-state index contributed by atoms with van der Waals surface area (Å²) in [5.41, 5.74) is 0.579. The number of unbranched alkanes of at least 4 members (excludes halogenated alkanes) is 13. The number of benzene rings is 1. The molecule has 0 atom stereocenters. The van der Waals surface area contributed by atoms with Gasteiger partial charge >= 0.3 is 0 Å². The van der Waals surface area contributed by atoms with Gasteiger partial charge in [-0.25, -0.2) is 0 Å². The zero-order valence-electron chi connectivity index (χ0n) is 21.9. The number of nitrogens with one attached hydrogen (secondary N) is 1. The summed E-state index contributed by atoms with van der Waals surface area (Å²) in [7, 11) is 0. The van der Waals surface area contributed by atoms with Crippen molar-refractivity contribution in [1.29, 1.82) is 5.26 Å². The molecule has 2 aromatic rings. The summed E-state index contributed by atoms with van der Waals surface area (Å²) in [6, 6.07) is 14.6. The summed E-state index contributed by atoms with van der Waals surface area (Å²) in [5, 5.41) is 11.6. The number of hydrogen-bond acceptors (Lipinski definition) is 4. The fourth-order valence-electron chi connectivity index (χ4n) is 4.13. The number of nitrogens with zero attached hydrogens (tertiary/aromatic N) is 1. The first-order chi connectivity index (χ1) is 17.6. The monoisotopic (exact) mass is 490 g/mol. The quantitative estimate of drug-likeness (QED) is 0.214. The molecule has 0 spiro atoms. The van der Waals surface area contributed by atoms with Gasteiger partial charge in [0.15, 0.2) is 0 Å². The van der Waals surface area contributed by atoms with E-state index in [-0.39, 0.29) is 17.0 Å². The van der Waals surface area contributed by atoms with Gasteiger partial charge in [0.1, 0.15) is 5.75 Å². The Morgan fingerprint density at radius 2 is 1.28 bits per heavy atom. The number of carbonyl (C=O) groups is 1. The van der Waals surface area contributed by atoms with Crippen LogP contribution in [0, 0.1) is 11.3 Å². The van der Waals surface area contributed by atoms with Crippen LogP contribution in [0.4, 0.5) is 5.69 Å². The lowest BCUT2D eigenvalue weighted by Crippen LogP contribution is -2.16. The van der Waals surface area contributed by atoms with Crippen molar-refractivity contribution in [2.24, 2.45) is 0 Å². The van der Waals surface area contributed by atoms with Crippen molar-refractivity contribution in [2.45, 2.75) is 96.8 Å². The molecule has 0 radical (unpaired) electrons. The molecule has 0 saturated carbocycles. The molecule has 0 aliphatic carbocycles. The smallest absolute Gasteiger partial charge is 0.255 e. The van der Waals surface area contributed by atoms with E-state index >= 15 is 0 Å². The second-order valence-corrected chi connectivity index (χ2v) is 9.43. The van der Waals surface area contributed by atoms with Gasteiger partial charge in [0.2, 0.25) is 5.43 Å². The van der Waals surface area contributed by atoms with Crippen molar-refractivity contribution < 1.29 is 9.53 Å². The summed E-state index contributed by atoms with van der Waals surface area (Å²) in [5.74, 6) is 0.353. The molecule has 1 N–H and O–H groups in total. The van der Waals surface area contributed by atoms with Gasteiger partial charge in [0, 0.05) is 5.56 Å². The summed E-state index contributed by atoms with van der Waals surface area (Å²) in [6.45, 7) is 2.94. The first-order valence-electron chi connectivity index (χ1n) is 13.7. The summed E-state index contributed by atoms with van der Waals surface area (Å²) in [6.07, 6.45) is 18.6. The fraction of sp³-hybridized carbons (Fsp3) is 0.516. The van der Waals surface area contributed by atoms with Crippen LogP contribution in [0.5, 0.6) is 5.75 Å². The van der Waals surface area contributed by atoms with E-state index in [1.807, 2.05) is 6.07 Å². The molecular weight excluding hydrogens is 448 g/mol. The van der Waals surface area contributed by atoms with Crippen molar-refractivity contribution in [3.05, 3.63) is 69.9 Å². The number of amides is 1. The zero-order valence-corrected chi connectivity index (χ0v) is 21.9. The highest BCUT2D eigenvalue weighted by Crippen LogP contribution is 2.16. The van der Waals surface area contributed by atoms with Crippen molar-refractivity contribution in [3.8, 4) is 11.8 Å². The maximum atomic E-state index is 12.5. The third-order valence-corrected chi connectivity index (χ3v) is 6.37. The van der Waals surface area contributed by atoms with Crippen molar-refractivity contribution >= 4 is 11.6 Å². The fourth-order valence-corrected chi connectivity index (χ4v) is 4.13. The first kappa shape index (κ1) is 29.1. The van der Waals surface area contributed by atoms with Crippen LogP contribution < -0.4 is 15.5 Å². The number of rotatable bonds is 18. The molecule has 0 saturated heterocycles. The Balaban J connectivity index is 1.54. The lowest BCUT2D eigenvalue weighted by Gasteiger charge is -2.08. The third-order valence-electron chi connectivity index (χ3n) is 6.37. The van der Waals surface area contributed by atoms with Crippen LogP contribution in [-0.4, -0.2) is 12.5 Å². The molecular formula is C31H42N2O3. The molecule has 0 heterocycles. The second-order valence-electron chi connectivity index (χ2n) is 9.43. The summed E-state index contributed by atoms with van der Waals surface area (Å²) < 4.78 is 5.81. The topological polar surface area (TPSA) is 79.2 Å². The van der Waals surface area contributed by atoms with E-state index in [0.29, 0.717) is 17.7 Å². The largest absolute Gasteiger partial charge is 0.494 e. The van der Waals surface area contributed by atoms with Crippen molar-refractivity contribution in [2.75, 3.05) is 11.9 Å². The standard InChI is InChI=1S/C31H42N2O3/c1-2-3-4-5-6-7-8-9-10-11-12-13-14-15-24-36-28-20-18-27(19-21-28)31(35)33-29-22-16-26(25-32)17-23-30(29)34/h16-23H,2-15,24H2,1H3,(H,33,34,35). The van der Waals surface area contributed by atoms with Crippen molar-refractivity contribution in [3.63, 3.8) is 0 Å². The van der Waals surface area contributed by atoms with Gasteiger partial charge in [-0.3, -0.25) is 9.59 Å².